The Balaban J connectivity index is 0.00000272. The first-order valence-electron chi connectivity index (χ1n) is 10.5. The molecule has 2 aliphatic heterocycles. The third-order valence-electron chi connectivity index (χ3n) is 6.10. The molecular weight excluding hydrogens is 415 g/mol. The number of nitrogen functional groups attached to an aromatic ring is 1. The van der Waals surface area contributed by atoms with Crippen LogP contribution in [0.15, 0.2) is 29.6 Å². The molecule has 31 heavy (non-hydrogen) atoms. The Kier molecular flexibility index (Phi) is 7.34. The van der Waals surface area contributed by atoms with Crippen LogP contribution < -0.4 is 10.6 Å². The summed E-state index contributed by atoms with van der Waals surface area (Å²) in [7, 11) is 0. The second-order valence-corrected chi connectivity index (χ2v) is 9.50. The molecule has 1 atom stereocenters. The van der Waals surface area contributed by atoms with E-state index in [-0.39, 0.29) is 25.1 Å². The fourth-order valence-corrected chi connectivity index (χ4v) is 4.94. The van der Waals surface area contributed by atoms with Gasteiger partial charge in [-0.05, 0) is 30.9 Å². The highest BCUT2D eigenvalue weighted by Crippen LogP contribution is 2.37. The number of morpholine rings is 1. The Labute approximate surface area is 188 Å². The van der Waals surface area contributed by atoms with Crippen molar-refractivity contribution in [2.75, 3.05) is 36.8 Å². The van der Waals surface area contributed by atoms with Crippen LogP contribution in [-0.2, 0) is 16.0 Å². The molecule has 1 amide bonds. The number of aromatic nitrogens is 1. The number of ether oxygens (including phenoxy) is 1. The van der Waals surface area contributed by atoms with Gasteiger partial charge in [0.05, 0.1) is 23.5 Å². The molecule has 0 aliphatic carbocycles. The summed E-state index contributed by atoms with van der Waals surface area (Å²) in [6.45, 7) is 7.04. The van der Waals surface area contributed by atoms with Crippen molar-refractivity contribution in [2.45, 2.75) is 52.2 Å². The maximum Gasteiger partial charge on any atom is 0.256 e. The van der Waals surface area contributed by atoms with Gasteiger partial charge >= 0.3 is 0 Å². The summed E-state index contributed by atoms with van der Waals surface area (Å²) in [5, 5.41) is 2.62. The van der Waals surface area contributed by atoms with Gasteiger partial charge in [-0.25, -0.2) is 9.37 Å². The van der Waals surface area contributed by atoms with E-state index in [1.807, 2.05) is 19.2 Å². The molecule has 6 nitrogen and oxygen atoms in total. The molecule has 1 unspecified atom stereocenters. The zero-order valence-corrected chi connectivity index (χ0v) is 18.3. The number of anilines is 2. The van der Waals surface area contributed by atoms with Gasteiger partial charge in [0, 0.05) is 31.4 Å². The molecule has 170 valence electrons. The van der Waals surface area contributed by atoms with E-state index in [1.165, 1.54) is 17.4 Å². The van der Waals surface area contributed by atoms with E-state index in [2.05, 4.69) is 9.88 Å². The number of thiazole rings is 1. The SMILES string of the molecule is C.CC(C)C1OC2(CCN(CCc3csc(N)n3)CC2)CN(c2ccccc2F)C1=O. The lowest BCUT2D eigenvalue weighted by Gasteiger charge is -2.50. The lowest BCUT2D eigenvalue weighted by atomic mass is 9.86. The predicted octanol–water partition coefficient (Wildman–Crippen LogP) is 3.97. The van der Waals surface area contributed by atoms with Crippen molar-refractivity contribution in [3.05, 3.63) is 41.2 Å². The quantitative estimate of drug-likeness (QED) is 0.750. The zero-order chi connectivity index (χ0) is 21.3. The Morgan fingerprint density at radius 1 is 1.32 bits per heavy atom. The van der Waals surface area contributed by atoms with Crippen LogP contribution in [0.25, 0.3) is 0 Å². The normalized spacial score (nSPS) is 21.5. The van der Waals surface area contributed by atoms with Gasteiger partial charge in [-0.2, -0.15) is 0 Å². The van der Waals surface area contributed by atoms with Gasteiger partial charge in [0.1, 0.15) is 11.9 Å². The Morgan fingerprint density at radius 3 is 2.65 bits per heavy atom. The van der Waals surface area contributed by atoms with Crippen LogP contribution in [0, 0.1) is 11.7 Å². The smallest absolute Gasteiger partial charge is 0.256 e. The van der Waals surface area contributed by atoms with Crippen LogP contribution >= 0.6 is 11.3 Å². The van der Waals surface area contributed by atoms with Crippen molar-refractivity contribution in [2.24, 2.45) is 5.92 Å². The van der Waals surface area contributed by atoms with Gasteiger partial charge in [0.25, 0.3) is 5.91 Å². The maximum atomic E-state index is 14.5. The van der Waals surface area contributed by atoms with Crippen molar-refractivity contribution in [1.82, 2.24) is 9.88 Å². The molecule has 0 bridgehead atoms. The second kappa shape index (κ2) is 9.63. The van der Waals surface area contributed by atoms with E-state index >= 15 is 0 Å². The fraction of sp³-hybridized carbons (Fsp3) is 0.565. The molecule has 0 radical (unpaired) electrons. The van der Waals surface area contributed by atoms with Crippen LogP contribution in [-0.4, -0.2) is 53.7 Å². The van der Waals surface area contributed by atoms with Crippen LogP contribution in [0.2, 0.25) is 0 Å². The van der Waals surface area contributed by atoms with Crippen molar-refractivity contribution in [3.63, 3.8) is 0 Å². The Hall–Kier alpha value is -2.03. The summed E-state index contributed by atoms with van der Waals surface area (Å²) in [5.41, 5.74) is 6.66. The molecule has 2 aromatic rings. The minimum atomic E-state index is -0.553. The zero-order valence-electron chi connectivity index (χ0n) is 17.5. The predicted molar refractivity (Wildman–Crippen MR) is 124 cm³/mol. The highest BCUT2D eigenvalue weighted by atomic mass is 32.1. The molecule has 0 saturated carbocycles. The van der Waals surface area contributed by atoms with Crippen LogP contribution in [0.1, 0.15) is 39.8 Å². The van der Waals surface area contributed by atoms with E-state index < -0.39 is 11.7 Å². The molecule has 1 aromatic carbocycles. The number of rotatable bonds is 5. The number of likely N-dealkylation sites (tertiary alicyclic amines) is 1. The number of halogens is 1. The molecule has 8 heteroatoms. The summed E-state index contributed by atoms with van der Waals surface area (Å²) in [5.74, 6) is -0.494. The van der Waals surface area contributed by atoms with E-state index in [0.717, 1.165) is 44.6 Å². The molecular formula is C23H33FN4O2S. The molecule has 2 saturated heterocycles. The lowest BCUT2D eigenvalue weighted by molar-refractivity contribution is -0.171. The number of carbonyl (C=O) groups is 1. The van der Waals surface area contributed by atoms with Crippen molar-refractivity contribution in [1.29, 1.82) is 0 Å². The third-order valence-corrected chi connectivity index (χ3v) is 6.83. The average molecular weight is 449 g/mol. The topological polar surface area (TPSA) is 71.7 Å². The minimum absolute atomic E-state index is 0. The monoisotopic (exact) mass is 448 g/mol. The largest absolute Gasteiger partial charge is 0.375 e. The van der Waals surface area contributed by atoms with Crippen molar-refractivity contribution < 1.29 is 13.9 Å². The van der Waals surface area contributed by atoms with Crippen molar-refractivity contribution in [3.8, 4) is 0 Å². The lowest BCUT2D eigenvalue weighted by Crippen LogP contribution is -2.63. The number of amides is 1. The number of carbonyl (C=O) groups excluding carboxylic acids is 1. The molecule has 2 aliphatic rings. The molecule has 1 spiro atoms. The summed E-state index contributed by atoms with van der Waals surface area (Å²) >= 11 is 1.47. The first kappa shape index (κ1) is 23.6. The number of nitrogens with two attached hydrogens (primary N) is 1. The van der Waals surface area contributed by atoms with Crippen LogP contribution in [0.4, 0.5) is 15.2 Å². The number of hydrogen-bond acceptors (Lipinski definition) is 6. The average Bonchev–Trinajstić information content (AvgIpc) is 3.15. The van der Waals surface area contributed by atoms with Gasteiger partial charge < -0.3 is 20.3 Å². The standard InChI is InChI=1S/C22H29FN4O2S.CH4/c1-15(2)19-20(28)27(18-6-4-3-5-17(18)23)14-22(29-19)8-11-26(12-9-22)10-7-16-13-30-21(24)25-16;/h3-6,13,15,19H,7-12,14H2,1-2H3,(H2,24,25);1H4. The van der Waals surface area contributed by atoms with Gasteiger partial charge in [0.15, 0.2) is 5.13 Å². The van der Waals surface area contributed by atoms with E-state index in [1.54, 1.807) is 23.1 Å². The van der Waals surface area contributed by atoms with E-state index in [0.29, 0.717) is 17.4 Å². The van der Waals surface area contributed by atoms with Gasteiger partial charge in [0.2, 0.25) is 0 Å². The number of para-hydroxylation sites is 1. The number of nitrogens with zero attached hydrogens (tertiary/aromatic N) is 3. The summed E-state index contributed by atoms with van der Waals surface area (Å²) in [6.07, 6.45) is 1.94. The highest BCUT2D eigenvalue weighted by Gasteiger charge is 2.48. The molecule has 2 N–H and O–H groups in total. The number of piperidine rings is 1. The highest BCUT2D eigenvalue weighted by molar-refractivity contribution is 7.13. The van der Waals surface area contributed by atoms with Crippen molar-refractivity contribution >= 4 is 28.1 Å². The van der Waals surface area contributed by atoms with Gasteiger partial charge in [-0.15, -0.1) is 11.3 Å². The first-order chi connectivity index (χ1) is 14.4. The third kappa shape index (κ3) is 5.07. The van der Waals surface area contributed by atoms with Gasteiger partial charge in [-0.1, -0.05) is 33.4 Å². The first-order valence-corrected chi connectivity index (χ1v) is 11.4. The minimum Gasteiger partial charge on any atom is -0.375 e. The number of hydrogen-bond donors (Lipinski definition) is 1. The van der Waals surface area contributed by atoms with Crippen LogP contribution in [0.5, 0.6) is 0 Å². The summed E-state index contributed by atoms with van der Waals surface area (Å²) < 4.78 is 20.9. The molecule has 3 heterocycles. The number of benzene rings is 1. The van der Waals surface area contributed by atoms with E-state index in [4.69, 9.17) is 10.5 Å². The Bertz CT molecular complexity index is 895. The summed E-state index contributed by atoms with van der Waals surface area (Å²) in [4.78, 5) is 21.4. The second-order valence-electron chi connectivity index (χ2n) is 8.61. The Morgan fingerprint density at radius 2 is 2.03 bits per heavy atom. The van der Waals surface area contributed by atoms with E-state index in [9.17, 15) is 9.18 Å². The van der Waals surface area contributed by atoms with Crippen LogP contribution in [0.3, 0.4) is 0 Å². The maximum absolute atomic E-state index is 14.5. The molecule has 4 rings (SSSR count). The summed E-state index contributed by atoms with van der Waals surface area (Å²) in [6, 6.07) is 6.50. The molecule has 1 aromatic heterocycles. The fourth-order valence-electron chi connectivity index (χ4n) is 4.34. The molecule has 2 fully saturated rings. The van der Waals surface area contributed by atoms with Gasteiger partial charge in [-0.3, -0.25) is 4.79 Å².